The van der Waals surface area contributed by atoms with Gasteiger partial charge in [0.05, 0.1) is 0 Å². The molecule has 17 heavy (non-hydrogen) atoms. The Hall–Kier alpha value is -1.08. The largest absolute Gasteiger partial charge is 0.313 e. The van der Waals surface area contributed by atoms with Crippen LogP contribution in [0.5, 0.6) is 0 Å². The molecule has 0 saturated heterocycles. The highest BCUT2D eigenvalue weighted by Gasteiger charge is 2.22. The number of rotatable bonds is 8. The van der Waals surface area contributed by atoms with E-state index >= 15 is 0 Å². The van der Waals surface area contributed by atoms with Gasteiger partial charge in [0.1, 0.15) is 0 Å². The highest BCUT2D eigenvalue weighted by Crippen LogP contribution is 2.24. The third kappa shape index (κ3) is 4.35. The monoisotopic (exact) mass is 229 g/mol. The first-order valence-corrected chi connectivity index (χ1v) is 6.79. The van der Waals surface area contributed by atoms with Crippen LogP contribution in [-0.2, 0) is 0 Å². The molecule has 1 aromatic rings. The van der Waals surface area contributed by atoms with Crippen molar-refractivity contribution in [3.63, 3.8) is 0 Å². The third-order valence-corrected chi connectivity index (χ3v) is 3.46. The molecule has 0 heterocycles. The van der Waals surface area contributed by atoms with Gasteiger partial charge in [0.15, 0.2) is 0 Å². The second kappa shape index (κ2) is 6.61. The minimum atomic E-state index is 0.664. The molecule has 2 rings (SSSR count). The maximum atomic E-state index is 3.80. The quantitative estimate of drug-likeness (QED) is 0.527. The van der Waals surface area contributed by atoms with E-state index in [2.05, 4.69) is 42.2 Å². The summed E-state index contributed by atoms with van der Waals surface area (Å²) >= 11 is 0. The summed E-state index contributed by atoms with van der Waals surface area (Å²) in [6.07, 6.45) is 8.40. The van der Waals surface area contributed by atoms with Gasteiger partial charge in [-0.05, 0) is 43.6 Å². The summed E-state index contributed by atoms with van der Waals surface area (Å²) in [6.45, 7) is 4.93. The number of unbranched alkanes of at least 4 members (excludes halogenated alkanes) is 1. The van der Waals surface area contributed by atoms with Crippen molar-refractivity contribution in [1.29, 1.82) is 0 Å². The first-order valence-electron chi connectivity index (χ1n) is 6.79. The number of allylic oxidation sites excluding steroid dienone is 1. The fraction of sp³-hybridized carbons (Fsp3) is 0.500. The predicted octanol–water partition coefficient (Wildman–Crippen LogP) is 3.88. The fourth-order valence-electron chi connectivity index (χ4n) is 2.22. The van der Waals surface area contributed by atoms with Gasteiger partial charge in [0.2, 0.25) is 0 Å². The van der Waals surface area contributed by atoms with Crippen molar-refractivity contribution in [2.45, 2.75) is 44.1 Å². The molecule has 1 aliphatic rings. The van der Waals surface area contributed by atoms with E-state index in [1.165, 1.54) is 31.2 Å². The lowest BCUT2D eigenvalue weighted by Gasteiger charge is -2.17. The SMILES string of the molecule is C=CCCCC(CNC1CC1)c1ccccc1. The van der Waals surface area contributed by atoms with Crippen LogP contribution >= 0.6 is 0 Å². The van der Waals surface area contributed by atoms with Crippen LogP contribution in [0.1, 0.15) is 43.6 Å². The number of hydrogen-bond acceptors (Lipinski definition) is 1. The highest BCUT2D eigenvalue weighted by molar-refractivity contribution is 5.20. The van der Waals surface area contributed by atoms with Gasteiger partial charge in [-0.25, -0.2) is 0 Å². The van der Waals surface area contributed by atoms with Gasteiger partial charge in [0.25, 0.3) is 0 Å². The van der Waals surface area contributed by atoms with Crippen molar-refractivity contribution in [3.8, 4) is 0 Å². The second-order valence-corrected chi connectivity index (χ2v) is 5.01. The molecule has 0 bridgehead atoms. The summed E-state index contributed by atoms with van der Waals surface area (Å²) in [5, 5.41) is 3.66. The molecule has 1 heteroatoms. The molecule has 0 amide bonds. The van der Waals surface area contributed by atoms with Crippen LogP contribution in [0.25, 0.3) is 0 Å². The van der Waals surface area contributed by atoms with Crippen molar-refractivity contribution >= 4 is 0 Å². The smallest absolute Gasteiger partial charge is 0.00684 e. The van der Waals surface area contributed by atoms with Crippen LogP contribution in [0.2, 0.25) is 0 Å². The summed E-state index contributed by atoms with van der Waals surface area (Å²) < 4.78 is 0. The van der Waals surface area contributed by atoms with E-state index < -0.39 is 0 Å². The summed E-state index contributed by atoms with van der Waals surface area (Å²) in [5.74, 6) is 0.664. The van der Waals surface area contributed by atoms with Gasteiger partial charge < -0.3 is 5.32 Å². The Morgan fingerprint density at radius 2 is 2.06 bits per heavy atom. The fourth-order valence-corrected chi connectivity index (χ4v) is 2.22. The van der Waals surface area contributed by atoms with E-state index in [-0.39, 0.29) is 0 Å². The van der Waals surface area contributed by atoms with E-state index in [1.807, 2.05) is 6.08 Å². The number of hydrogen-bond donors (Lipinski definition) is 1. The van der Waals surface area contributed by atoms with Crippen LogP contribution < -0.4 is 5.32 Å². The summed E-state index contributed by atoms with van der Waals surface area (Å²) in [6, 6.07) is 11.7. The van der Waals surface area contributed by atoms with E-state index in [9.17, 15) is 0 Å². The van der Waals surface area contributed by atoms with Gasteiger partial charge in [-0.15, -0.1) is 6.58 Å². The van der Waals surface area contributed by atoms with E-state index in [0.29, 0.717) is 5.92 Å². The normalized spacial score (nSPS) is 16.7. The Kier molecular flexibility index (Phi) is 4.81. The average molecular weight is 229 g/mol. The molecule has 0 aromatic heterocycles. The van der Waals surface area contributed by atoms with Crippen LogP contribution in [0.4, 0.5) is 0 Å². The molecule has 1 aliphatic carbocycles. The Morgan fingerprint density at radius 3 is 2.71 bits per heavy atom. The third-order valence-electron chi connectivity index (χ3n) is 3.46. The van der Waals surface area contributed by atoms with Gasteiger partial charge in [0, 0.05) is 12.6 Å². The van der Waals surface area contributed by atoms with E-state index in [4.69, 9.17) is 0 Å². The summed E-state index contributed by atoms with van der Waals surface area (Å²) in [5.41, 5.74) is 1.48. The molecule has 1 unspecified atom stereocenters. The molecule has 0 aliphatic heterocycles. The first kappa shape index (κ1) is 12.4. The molecule has 1 saturated carbocycles. The van der Waals surface area contributed by atoms with Crippen LogP contribution in [0.15, 0.2) is 43.0 Å². The predicted molar refractivity (Wildman–Crippen MR) is 74.3 cm³/mol. The van der Waals surface area contributed by atoms with Crippen LogP contribution in [0.3, 0.4) is 0 Å². The molecule has 0 radical (unpaired) electrons. The second-order valence-electron chi connectivity index (χ2n) is 5.01. The molecule has 0 spiro atoms. The lowest BCUT2D eigenvalue weighted by Crippen LogP contribution is -2.23. The minimum absolute atomic E-state index is 0.664. The van der Waals surface area contributed by atoms with Crippen molar-refractivity contribution in [2.24, 2.45) is 0 Å². The lowest BCUT2D eigenvalue weighted by atomic mass is 9.93. The Balaban J connectivity index is 1.87. The van der Waals surface area contributed by atoms with Gasteiger partial charge in [-0.2, -0.15) is 0 Å². The molecule has 1 N–H and O–H groups in total. The molecule has 1 fully saturated rings. The molecule has 1 atom stereocenters. The topological polar surface area (TPSA) is 12.0 Å². The number of nitrogens with one attached hydrogen (secondary N) is 1. The lowest BCUT2D eigenvalue weighted by molar-refractivity contribution is 0.533. The Bertz CT molecular complexity index is 327. The zero-order valence-corrected chi connectivity index (χ0v) is 10.6. The molecular weight excluding hydrogens is 206 g/mol. The highest BCUT2D eigenvalue weighted by atomic mass is 14.9. The number of benzene rings is 1. The summed E-state index contributed by atoms with van der Waals surface area (Å²) in [4.78, 5) is 0. The molecular formula is C16H23N. The first-order chi connectivity index (χ1) is 8.40. The van der Waals surface area contributed by atoms with Crippen molar-refractivity contribution in [1.82, 2.24) is 5.32 Å². The van der Waals surface area contributed by atoms with E-state index in [0.717, 1.165) is 19.0 Å². The maximum Gasteiger partial charge on any atom is 0.00684 e. The summed E-state index contributed by atoms with van der Waals surface area (Å²) in [7, 11) is 0. The standard InChI is InChI=1S/C16H23N/c1-2-3-5-10-15(13-17-16-11-12-16)14-8-6-4-7-9-14/h2,4,6-9,15-17H,1,3,5,10-13H2. The van der Waals surface area contributed by atoms with Crippen molar-refractivity contribution < 1.29 is 0 Å². The zero-order valence-electron chi connectivity index (χ0n) is 10.6. The Labute approximate surface area is 105 Å². The van der Waals surface area contributed by atoms with Crippen LogP contribution in [0, 0.1) is 0 Å². The minimum Gasteiger partial charge on any atom is -0.313 e. The zero-order chi connectivity index (χ0) is 11.9. The van der Waals surface area contributed by atoms with Crippen molar-refractivity contribution in [2.75, 3.05) is 6.54 Å². The van der Waals surface area contributed by atoms with Crippen LogP contribution in [-0.4, -0.2) is 12.6 Å². The maximum absolute atomic E-state index is 3.80. The van der Waals surface area contributed by atoms with Crippen molar-refractivity contribution in [3.05, 3.63) is 48.6 Å². The average Bonchev–Trinajstić information content (AvgIpc) is 3.19. The molecule has 1 aromatic carbocycles. The van der Waals surface area contributed by atoms with Gasteiger partial charge in [-0.1, -0.05) is 36.4 Å². The van der Waals surface area contributed by atoms with Gasteiger partial charge in [-0.3, -0.25) is 0 Å². The molecule has 1 nitrogen and oxygen atoms in total. The Morgan fingerprint density at radius 1 is 1.29 bits per heavy atom. The molecule has 92 valence electrons. The van der Waals surface area contributed by atoms with E-state index in [1.54, 1.807) is 0 Å². The van der Waals surface area contributed by atoms with Gasteiger partial charge >= 0.3 is 0 Å².